The number of ether oxygens (including phenoxy) is 1. The number of carbonyl (C=O) groups excluding carboxylic acids is 1. The third kappa shape index (κ3) is 4.21. The van der Waals surface area contributed by atoms with Crippen LogP contribution in [0.4, 0.5) is 32.0 Å². The lowest BCUT2D eigenvalue weighted by atomic mass is 10.1. The van der Waals surface area contributed by atoms with E-state index in [-0.39, 0.29) is 13.4 Å². The van der Waals surface area contributed by atoms with Gasteiger partial charge in [0.2, 0.25) is 0 Å². The van der Waals surface area contributed by atoms with Crippen molar-refractivity contribution >= 4 is 54.4 Å². The fraction of sp³-hybridized carbons (Fsp3) is 0.417. The highest BCUT2D eigenvalue weighted by Crippen LogP contribution is 2.44. The predicted octanol–water partition coefficient (Wildman–Crippen LogP) is 2.27. The first-order valence-corrected chi connectivity index (χ1v) is 10.9. The van der Waals surface area contributed by atoms with Crippen LogP contribution < -0.4 is 8.49 Å². The molecule has 0 spiro atoms. The highest BCUT2D eigenvalue weighted by molar-refractivity contribution is 14.1. The number of rotatable bonds is 4. The molecule has 0 N–H and O–H groups in total. The number of hydrogen-bond donors (Lipinski definition) is 0. The molecule has 0 saturated heterocycles. The van der Waals surface area contributed by atoms with Gasteiger partial charge >= 0.3 is 37.1 Å². The normalized spacial score (nSPS) is 17.8. The van der Waals surface area contributed by atoms with E-state index in [0.29, 0.717) is 6.07 Å². The van der Waals surface area contributed by atoms with Crippen LogP contribution in [0.5, 0.6) is 5.75 Å². The molecule has 1 atom stereocenters. The fourth-order valence-electron chi connectivity index (χ4n) is 2.39. The number of benzene rings is 1. The Hall–Kier alpha value is -1.50. The summed E-state index contributed by atoms with van der Waals surface area (Å²) in [5, 5.41) is 0. The number of fused-ring (bicyclic) bond motifs is 1. The van der Waals surface area contributed by atoms with Crippen molar-refractivity contribution in [2.24, 2.45) is 0 Å². The lowest BCUT2D eigenvalue weighted by Gasteiger charge is -2.26. The Bertz CT molecular complexity index is 1050. The molecule has 2 rings (SSSR count). The molecule has 0 aromatic heterocycles. The number of hydrogen-bond acceptors (Lipinski definition) is 7. The lowest BCUT2D eigenvalue weighted by Crippen LogP contribution is -2.48. The highest BCUT2D eigenvalue weighted by atomic mass is 127. The van der Waals surface area contributed by atoms with Crippen molar-refractivity contribution < 1.29 is 56.9 Å². The number of sulfonamides is 1. The summed E-state index contributed by atoms with van der Waals surface area (Å²) in [4.78, 5) is 11.8. The van der Waals surface area contributed by atoms with Gasteiger partial charge in [0.1, 0.15) is 11.8 Å². The maximum Gasteiger partial charge on any atom is 0.534 e. The largest absolute Gasteiger partial charge is 0.534 e. The number of methoxy groups -OCH3 is 1. The molecule has 0 fully saturated rings. The van der Waals surface area contributed by atoms with Gasteiger partial charge in [-0.1, -0.05) is 0 Å². The Morgan fingerprint density at radius 1 is 1.10 bits per heavy atom. The van der Waals surface area contributed by atoms with Crippen LogP contribution in [0.3, 0.4) is 0 Å². The van der Waals surface area contributed by atoms with Gasteiger partial charge in [0, 0.05) is 16.1 Å². The molecule has 0 saturated carbocycles. The summed E-state index contributed by atoms with van der Waals surface area (Å²) in [6.45, 7) is 0. The van der Waals surface area contributed by atoms with E-state index in [9.17, 15) is 48.0 Å². The van der Waals surface area contributed by atoms with E-state index in [1.807, 2.05) is 0 Å². The van der Waals surface area contributed by atoms with E-state index in [1.165, 1.54) is 22.6 Å². The van der Waals surface area contributed by atoms with Crippen LogP contribution in [-0.2, 0) is 36.1 Å². The Morgan fingerprint density at radius 2 is 1.66 bits per heavy atom. The summed E-state index contributed by atoms with van der Waals surface area (Å²) in [6, 6.07) is -0.919. The van der Waals surface area contributed by atoms with Crippen LogP contribution in [0, 0.1) is 3.57 Å². The molecule has 17 heteroatoms. The number of halogens is 7. The molecule has 8 nitrogen and oxygen atoms in total. The lowest BCUT2D eigenvalue weighted by molar-refractivity contribution is -0.141. The number of alkyl halides is 6. The van der Waals surface area contributed by atoms with Crippen molar-refractivity contribution in [1.82, 2.24) is 0 Å². The minimum atomic E-state index is -6.20. The second-order valence-corrected chi connectivity index (χ2v) is 9.88. The molecule has 0 radical (unpaired) electrons. The summed E-state index contributed by atoms with van der Waals surface area (Å²) >= 11 is 1.42. The molecule has 1 aliphatic heterocycles. The standard InChI is InChI=1S/C12H8F6INO7S2/c1-26-10(21)9-4-6-7(19)2-5(27-29(24,25)12(16,17)18)3-8(6)20(9)28(22,23)11(13,14)15/h2-3,9H,4H2,1H3/t9-/m0/s1. The number of nitrogens with zero attached hydrogens (tertiary/aromatic N) is 1. The quantitative estimate of drug-likeness (QED) is 0.176. The summed E-state index contributed by atoms with van der Waals surface area (Å²) in [5.41, 5.74) is -12.7. The van der Waals surface area contributed by atoms with E-state index in [4.69, 9.17) is 0 Å². The fourth-order valence-corrected chi connectivity index (χ4v) is 4.77. The highest BCUT2D eigenvalue weighted by Gasteiger charge is 2.56. The third-order valence-electron chi connectivity index (χ3n) is 3.58. The van der Waals surface area contributed by atoms with Gasteiger partial charge in [0.05, 0.1) is 12.8 Å². The average Bonchev–Trinajstić information content (AvgIpc) is 2.92. The second-order valence-electron chi connectivity index (χ2n) is 5.38. The molecule has 0 unspecified atom stereocenters. The molecule has 29 heavy (non-hydrogen) atoms. The molecule has 0 bridgehead atoms. The molecule has 0 aliphatic carbocycles. The Labute approximate surface area is 173 Å². The van der Waals surface area contributed by atoms with Crippen molar-refractivity contribution in [1.29, 1.82) is 0 Å². The van der Waals surface area contributed by atoms with Gasteiger partial charge in [-0.3, -0.25) is 0 Å². The van der Waals surface area contributed by atoms with E-state index in [1.54, 1.807) is 0 Å². The molecule has 1 aliphatic rings. The summed E-state index contributed by atoms with van der Waals surface area (Å²) in [7, 11) is -11.6. The van der Waals surface area contributed by atoms with Crippen LogP contribution in [0.15, 0.2) is 12.1 Å². The first-order valence-electron chi connectivity index (χ1n) is 6.95. The molecular formula is C12H8F6INO7S2. The second kappa shape index (κ2) is 7.33. The molecular weight excluding hydrogens is 575 g/mol. The first-order chi connectivity index (χ1) is 12.9. The average molecular weight is 583 g/mol. The van der Waals surface area contributed by atoms with Gasteiger partial charge in [0.15, 0.2) is 0 Å². The smallest absolute Gasteiger partial charge is 0.467 e. The number of esters is 1. The number of anilines is 1. The topological polar surface area (TPSA) is 107 Å². The first kappa shape index (κ1) is 23.8. The molecule has 1 aromatic rings. The van der Waals surface area contributed by atoms with Crippen molar-refractivity contribution in [3.05, 3.63) is 21.3 Å². The zero-order valence-corrected chi connectivity index (χ0v) is 17.5. The summed E-state index contributed by atoms with van der Waals surface area (Å²) in [6.07, 6.45) is -0.595. The zero-order valence-electron chi connectivity index (χ0n) is 13.7. The number of carbonyl (C=O) groups is 1. The minimum Gasteiger partial charge on any atom is -0.467 e. The van der Waals surface area contributed by atoms with Gasteiger partial charge in [-0.25, -0.2) is 9.10 Å². The van der Waals surface area contributed by atoms with E-state index >= 15 is 0 Å². The zero-order chi connectivity index (χ0) is 22.6. The van der Waals surface area contributed by atoms with Gasteiger partial charge < -0.3 is 8.92 Å². The van der Waals surface area contributed by atoms with Gasteiger partial charge in [-0.15, -0.1) is 0 Å². The van der Waals surface area contributed by atoms with Crippen molar-refractivity contribution in [3.63, 3.8) is 0 Å². The van der Waals surface area contributed by atoms with Crippen LogP contribution in [0.2, 0.25) is 0 Å². The van der Waals surface area contributed by atoms with Crippen molar-refractivity contribution in [2.45, 2.75) is 23.5 Å². The van der Waals surface area contributed by atoms with E-state index < -0.39 is 61.0 Å². The molecule has 164 valence electrons. The maximum absolute atomic E-state index is 13.1. The SMILES string of the molecule is COC(=O)[C@@H]1Cc2c(I)cc(OS(=O)(=O)C(F)(F)F)cc2N1S(=O)(=O)C(F)(F)F. The molecule has 1 aromatic carbocycles. The third-order valence-corrected chi connectivity index (χ3v) is 7.07. The van der Waals surface area contributed by atoms with Crippen LogP contribution >= 0.6 is 22.6 Å². The van der Waals surface area contributed by atoms with Crippen LogP contribution in [0.25, 0.3) is 0 Å². The Balaban J connectivity index is 2.69. The van der Waals surface area contributed by atoms with E-state index in [2.05, 4.69) is 8.92 Å². The summed E-state index contributed by atoms with van der Waals surface area (Å²) in [5.74, 6) is -2.46. The van der Waals surface area contributed by atoms with Gasteiger partial charge in [0.25, 0.3) is 0 Å². The monoisotopic (exact) mass is 583 g/mol. The van der Waals surface area contributed by atoms with Crippen LogP contribution in [-0.4, -0.2) is 47.0 Å². The molecule has 1 heterocycles. The van der Waals surface area contributed by atoms with Crippen LogP contribution in [0.1, 0.15) is 5.56 Å². The molecule has 0 amide bonds. The van der Waals surface area contributed by atoms with E-state index in [0.717, 1.165) is 13.2 Å². The van der Waals surface area contributed by atoms with Gasteiger partial charge in [-0.05, 0) is 34.2 Å². The maximum atomic E-state index is 13.1. The summed E-state index contributed by atoms with van der Waals surface area (Å²) < 4.78 is 131. The van der Waals surface area contributed by atoms with Crippen molar-refractivity contribution in [3.8, 4) is 5.75 Å². The minimum absolute atomic E-state index is 0.138. The van der Waals surface area contributed by atoms with Crippen molar-refractivity contribution in [2.75, 3.05) is 11.4 Å². The van der Waals surface area contributed by atoms with Gasteiger partial charge in [-0.2, -0.15) is 43.2 Å². The predicted molar refractivity (Wildman–Crippen MR) is 91.7 cm³/mol. The Kier molecular flexibility index (Phi) is 6.01. The Morgan fingerprint density at radius 3 is 2.10 bits per heavy atom.